The van der Waals surface area contributed by atoms with Crippen LogP contribution in [0.2, 0.25) is 0 Å². The number of hydrogen-bond donors (Lipinski definition) is 1. The van der Waals surface area contributed by atoms with Crippen molar-refractivity contribution in [2.24, 2.45) is 0 Å². The van der Waals surface area contributed by atoms with Gasteiger partial charge >= 0.3 is 6.03 Å². The summed E-state index contributed by atoms with van der Waals surface area (Å²) in [4.78, 5) is 14.1. The zero-order valence-corrected chi connectivity index (χ0v) is 18.7. The Kier molecular flexibility index (Phi) is 6.82. The Morgan fingerprint density at radius 1 is 1.09 bits per heavy atom. The largest absolute Gasteiger partial charge is 0.494 e. The van der Waals surface area contributed by atoms with Gasteiger partial charge in [0, 0.05) is 32.7 Å². The second kappa shape index (κ2) is 9.76. The minimum Gasteiger partial charge on any atom is -0.494 e. The zero-order valence-electron chi connectivity index (χ0n) is 17.1. The zero-order chi connectivity index (χ0) is 22.6. The van der Waals surface area contributed by atoms with Crippen LogP contribution in [0.5, 0.6) is 5.75 Å². The maximum Gasteiger partial charge on any atom is 0.317 e. The summed E-state index contributed by atoms with van der Waals surface area (Å²) in [5.41, 5.74) is 0.929. The molecule has 32 heavy (non-hydrogen) atoms. The van der Waals surface area contributed by atoms with Crippen molar-refractivity contribution in [3.8, 4) is 5.75 Å². The SMILES string of the molecule is O=C(NCCCOc1ccc(F)cc1)N1CCN(S(=O)(=O)c2cccc3nsnc23)CC1. The van der Waals surface area contributed by atoms with Crippen LogP contribution in [0.1, 0.15) is 6.42 Å². The lowest BCUT2D eigenvalue weighted by atomic mass is 10.3. The van der Waals surface area contributed by atoms with E-state index in [4.69, 9.17) is 4.74 Å². The maximum absolute atomic E-state index is 13.1. The Bertz CT molecular complexity index is 1180. The summed E-state index contributed by atoms with van der Waals surface area (Å²) in [6.07, 6.45) is 0.586. The average Bonchev–Trinajstić information content (AvgIpc) is 3.29. The normalized spacial score (nSPS) is 15.1. The molecule has 2 amide bonds. The van der Waals surface area contributed by atoms with Crippen molar-refractivity contribution < 1.29 is 22.3 Å². The molecule has 3 aromatic rings. The van der Waals surface area contributed by atoms with E-state index in [0.29, 0.717) is 49.4 Å². The summed E-state index contributed by atoms with van der Waals surface area (Å²) in [7, 11) is -3.72. The lowest BCUT2D eigenvalue weighted by Crippen LogP contribution is -2.53. The molecule has 1 N–H and O–H groups in total. The van der Waals surface area contributed by atoms with Gasteiger partial charge in [0.05, 0.1) is 18.3 Å². The predicted molar refractivity (Wildman–Crippen MR) is 118 cm³/mol. The number of aromatic nitrogens is 2. The summed E-state index contributed by atoms with van der Waals surface area (Å²) < 4.78 is 54.1. The number of amides is 2. The highest BCUT2D eigenvalue weighted by Gasteiger charge is 2.31. The number of urea groups is 1. The molecule has 0 unspecified atom stereocenters. The lowest BCUT2D eigenvalue weighted by molar-refractivity contribution is 0.171. The van der Waals surface area contributed by atoms with Gasteiger partial charge in [-0.15, -0.1) is 0 Å². The van der Waals surface area contributed by atoms with Gasteiger partial charge in [-0.25, -0.2) is 17.6 Å². The first-order valence-electron chi connectivity index (χ1n) is 10.1. The molecule has 0 saturated carbocycles. The quantitative estimate of drug-likeness (QED) is 0.522. The molecule has 1 saturated heterocycles. The summed E-state index contributed by atoms with van der Waals surface area (Å²) in [6.45, 7) is 1.80. The van der Waals surface area contributed by atoms with Gasteiger partial charge in [-0.3, -0.25) is 0 Å². The monoisotopic (exact) mass is 479 g/mol. The Balaban J connectivity index is 1.23. The van der Waals surface area contributed by atoms with Gasteiger partial charge in [0.25, 0.3) is 0 Å². The molecule has 1 aliphatic heterocycles. The Labute approximate surface area is 189 Å². The molecule has 170 valence electrons. The van der Waals surface area contributed by atoms with Crippen molar-refractivity contribution in [3.05, 3.63) is 48.3 Å². The first-order chi connectivity index (χ1) is 15.4. The van der Waals surface area contributed by atoms with Gasteiger partial charge in [-0.2, -0.15) is 13.1 Å². The van der Waals surface area contributed by atoms with Crippen LogP contribution in [-0.4, -0.2) is 71.7 Å². The topological polar surface area (TPSA) is 105 Å². The van der Waals surface area contributed by atoms with Crippen LogP contribution in [0, 0.1) is 5.82 Å². The maximum atomic E-state index is 13.1. The average molecular weight is 480 g/mol. The Morgan fingerprint density at radius 3 is 2.59 bits per heavy atom. The van der Waals surface area contributed by atoms with E-state index in [1.165, 1.54) is 22.5 Å². The minimum absolute atomic E-state index is 0.141. The van der Waals surface area contributed by atoms with Gasteiger partial charge in [0.2, 0.25) is 10.0 Å². The van der Waals surface area contributed by atoms with Crippen LogP contribution in [0.25, 0.3) is 11.0 Å². The molecule has 0 spiro atoms. The number of nitrogens with zero attached hydrogens (tertiary/aromatic N) is 4. The van der Waals surface area contributed by atoms with Crippen molar-refractivity contribution in [1.82, 2.24) is 23.3 Å². The van der Waals surface area contributed by atoms with Crippen molar-refractivity contribution in [3.63, 3.8) is 0 Å². The fourth-order valence-corrected chi connectivity index (χ4v) is 5.54. The first-order valence-corrected chi connectivity index (χ1v) is 12.2. The second-order valence-electron chi connectivity index (χ2n) is 7.17. The highest BCUT2D eigenvalue weighted by molar-refractivity contribution is 7.89. The second-order valence-corrected chi connectivity index (χ2v) is 9.60. The van der Waals surface area contributed by atoms with E-state index in [0.717, 1.165) is 11.7 Å². The molecule has 9 nitrogen and oxygen atoms in total. The number of nitrogens with one attached hydrogen (secondary N) is 1. The van der Waals surface area contributed by atoms with Gasteiger partial charge < -0.3 is 15.0 Å². The predicted octanol–water partition coefficient (Wildman–Crippen LogP) is 2.32. The fraction of sp³-hybridized carbons (Fsp3) is 0.350. The van der Waals surface area contributed by atoms with E-state index in [1.54, 1.807) is 29.2 Å². The molecule has 2 aromatic carbocycles. The lowest BCUT2D eigenvalue weighted by Gasteiger charge is -2.34. The van der Waals surface area contributed by atoms with Crippen LogP contribution in [0.4, 0.5) is 9.18 Å². The number of benzene rings is 2. The van der Waals surface area contributed by atoms with Crippen LogP contribution in [0.3, 0.4) is 0 Å². The standard InChI is InChI=1S/C20H22FN5O4S2/c21-15-5-7-16(8-6-15)30-14-2-9-22-20(27)25-10-12-26(13-11-25)32(28,29)18-4-1-3-17-19(18)24-31-23-17/h1,3-8H,2,9-14H2,(H,22,27). The molecule has 0 bridgehead atoms. The molecule has 1 fully saturated rings. The molecule has 4 rings (SSSR count). The number of hydrogen-bond acceptors (Lipinski definition) is 7. The summed E-state index contributed by atoms with van der Waals surface area (Å²) in [5.74, 6) is 0.244. The third-order valence-corrected chi connectivity index (χ3v) is 7.55. The molecule has 0 radical (unpaired) electrons. The van der Waals surface area contributed by atoms with Crippen molar-refractivity contribution in [2.45, 2.75) is 11.3 Å². The van der Waals surface area contributed by atoms with Gasteiger partial charge in [-0.1, -0.05) is 6.07 Å². The third-order valence-electron chi connectivity index (χ3n) is 5.07. The Morgan fingerprint density at radius 2 is 1.84 bits per heavy atom. The van der Waals surface area contributed by atoms with E-state index in [1.807, 2.05) is 0 Å². The number of piperazine rings is 1. The van der Waals surface area contributed by atoms with Crippen molar-refractivity contribution in [1.29, 1.82) is 0 Å². The van der Waals surface area contributed by atoms with E-state index in [-0.39, 0.29) is 29.8 Å². The number of sulfonamides is 1. The number of ether oxygens (including phenoxy) is 1. The molecular weight excluding hydrogens is 457 g/mol. The third kappa shape index (κ3) is 4.97. The Hall–Kier alpha value is -2.83. The highest BCUT2D eigenvalue weighted by atomic mass is 32.2. The smallest absolute Gasteiger partial charge is 0.317 e. The number of halogens is 1. The number of fused-ring (bicyclic) bond motifs is 1. The molecule has 0 atom stereocenters. The molecule has 2 heterocycles. The van der Waals surface area contributed by atoms with Crippen molar-refractivity contribution >= 4 is 38.8 Å². The van der Waals surface area contributed by atoms with Crippen LogP contribution in [0.15, 0.2) is 47.4 Å². The molecular formula is C20H22FN5O4S2. The summed E-state index contributed by atoms with van der Waals surface area (Å²) in [5, 5.41) is 2.82. The minimum atomic E-state index is -3.72. The molecule has 1 aromatic heterocycles. The van der Waals surface area contributed by atoms with Crippen LogP contribution in [-0.2, 0) is 10.0 Å². The first kappa shape index (κ1) is 22.4. The van der Waals surface area contributed by atoms with Crippen molar-refractivity contribution in [2.75, 3.05) is 39.3 Å². The van der Waals surface area contributed by atoms with Crippen LogP contribution >= 0.6 is 11.7 Å². The fourth-order valence-electron chi connectivity index (χ4n) is 3.36. The van der Waals surface area contributed by atoms with E-state index < -0.39 is 10.0 Å². The number of carbonyl (C=O) groups excluding carboxylic acids is 1. The highest BCUT2D eigenvalue weighted by Crippen LogP contribution is 2.25. The van der Waals surface area contributed by atoms with Crippen LogP contribution < -0.4 is 10.1 Å². The van der Waals surface area contributed by atoms with Gasteiger partial charge in [0.15, 0.2) is 0 Å². The number of carbonyl (C=O) groups is 1. The summed E-state index contributed by atoms with van der Waals surface area (Å²) in [6, 6.07) is 10.4. The van der Waals surface area contributed by atoms with E-state index >= 15 is 0 Å². The number of rotatable bonds is 7. The summed E-state index contributed by atoms with van der Waals surface area (Å²) >= 11 is 0.976. The van der Waals surface area contributed by atoms with Gasteiger partial charge in [0.1, 0.15) is 27.5 Å². The van der Waals surface area contributed by atoms with E-state index in [9.17, 15) is 17.6 Å². The molecule has 1 aliphatic rings. The molecule has 0 aliphatic carbocycles. The molecule has 12 heteroatoms. The van der Waals surface area contributed by atoms with E-state index in [2.05, 4.69) is 14.1 Å². The van der Waals surface area contributed by atoms with Gasteiger partial charge in [-0.05, 0) is 42.8 Å².